The summed E-state index contributed by atoms with van der Waals surface area (Å²) in [6.07, 6.45) is 2.09. The van der Waals surface area contributed by atoms with E-state index in [2.05, 4.69) is 50.4 Å². The Bertz CT molecular complexity index is 623. The lowest BCUT2D eigenvalue weighted by molar-refractivity contribution is 0.554. The molecule has 0 bridgehead atoms. The van der Waals surface area contributed by atoms with Gasteiger partial charge in [0, 0.05) is 35.8 Å². The van der Waals surface area contributed by atoms with Crippen molar-refractivity contribution >= 4 is 11.6 Å². The molecule has 0 amide bonds. The summed E-state index contributed by atoms with van der Waals surface area (Å²) in [5.41, 5.74) is 4.68. The summed E-state index contributed by atoms with van der Waals surface area (Å²) < 4.78 is 1.88. The van der Waals surface area contributed by atoms with Gasteiger partial charge >= 0.3 is 0 Å². The molecule has 1 aromatic carbocycles. The van der Waals surface area contributed by atoms with Crippen LogP contribution in [0.4, 0.5) is 0 Å². The number of halogens is 1. The number of nitrogens with one attached hydrogen (secondary N) is 1. The Kier molecular flexibility index (Phi) is 4.74. The Hall–Kier alpha value is -1.32. The maximum Gasteiger partial charge on any atom is 0.0756 e. The van der Waals surface area contributed by atoms with Gasteiger partial charge in [-0.2, -0.15) is 5.10 Å². The summed E-state index contributed by atoms with van der Waals surface area (Å²) in [7, 11) is 1.97. The first-order chi connectivity index (χ1) is 9.82. The molecule has 0 aliphatic carbocycles. The van der Waals surface area contributed by atoms with Gasteiger partial charge in [-0.1, -0.05) is 45.4 Å². The fourth-order valence-electron chi connectivity index (χ4n) is 2.45. The third-order valence-electron chi connectivity index (χ3n) is 3.47. The van der Waals surface area contributed by atoms with Gasteiger partial charge in [0.2, 0.25) is 0 Å². The molecule has 21 heavy (non-hydrogen) atoms. The normalized spacial score (nSPS) is 11.9. The van der Waals surface area contributed by atoms with E-state index in [4.69, 9.17) is 11.6 Å². The van der Waals surface area contributed by atoms with Gasteiger partial charge in [-0.3, -0.25) is 4.68 Å². The molecule has 4 heteroatoms. The number of aromatic nitrogens is 2. The highest BCUT2D eigenvalue weighted by Crippen LogP contribution is 2.35. The minimum atomic E-state index is -0.00559. The Balaban J connectivity index is 2.58. The summed E-state index contributed by atoms with van der Waals surface area (Å²) in [5, 5.41) is 8.81. The number of hydrogen-bond donors (Lipinski definition) is 1. The van der Waals surface area contributed by atoms with Crippen LogP contribution in [-0.4, -0.2) is 16.3 Å². The maximum absolute atomic E-state index is 6.23. The molecule has 0 atom stereocenters. The summed E-state index contributed by atoms with van der Waals surface area (Å²) in [4.78, 5) is 0. The molecule has 0 spiro atoms. The largest absolute Gasteiger partial charge is 0.313 e. The lowest BCUT2D eigenvalue weighted by Gasteiger charge is -2.19. The average molecular weight is 306 g/mol. The predicted molar refractivity (Wildman–Crippen MR) is 89.7 cm³/mol. The minimum absolute atomic E-state index is 0.00559. The molecule has 0 saturated carbocycles. The minimum Gasteiger partial charge on any atom is -0.313 e. The molecule has 1 aromatic heterocycles. The Morgan fingerprint density at radius 3 is 2.57 bits per heavy atom. The van der Waals surface area contributed by atoms with E-state index in [1.165, 1.54) is 16.7 Å². The quantitative estimate of drug-likeness (QED) is 0.919. The highest BCUT2D eigenvalue weighted by atomic mass is 35.5. The van der Waals surface area contributed by atoms with E-state index < -0.39 is 0 Å². The van der Waals surface area contributed by atoms with E-state index in [1.807, 2.05) is 23.9 Å². The van der Waals surface area contributed by atoms with Crippen molar-refractivity contribution in [1.29, 1.82) is 0 Å². The van der Waals surface area contributed by atoms with Crippen LogP contribution in [0.15, 0.2) is 24.4 Å². The molecule has 1 heterocycles. The first kappa shape index (κ1) is 16.1. The number of rotatable bonds is 4. The molecule has 114 valence electrons. The fourth-order valence-corrected chi connectivity index (χ4v) is 2.62. The SMILES string of the molecule is CCNCc1ccc(Cl)cc1-c1cn(C)nc1C(C)(C)C. The molecule has 0 aliphatic rings. The molecule has 2 rings (SSSR count). The van der Waals surface area contributed by atoms with Crippen molar-refractivity contribution in [2.45, 2.75) is 39.7 Å². The van der Waals surface area contributed by atoms with E-state index in [0.29, 0.717) is 0 Å². The van der Waals surface area contributed by atoms with Crippen molar-refractivity contribution in [3.05, 3.63) is 40.7 Å². The fraction of sp³-hybridized carbons (Fsp3) is 0.471. The zero-order chi connectivity index (χ0) is 15.6. The van der Waals surface area contributed by atoms with Crippen molar-refractivity contribution in [2.75, 3.05) is 6.54 Å². The van der Waals surface area contributed by atoms with Crippen molar-refractivity contribution < 1.29 is 0 Å². The van der Waals surface area contributed by atoms with Crippen molar-refractivity contribution in [1.82, 2.24) is 15.1 Å². The number of aryl methyl sites for hydroxylation is 1. The van der Waals surface area contributed by atoms with Crippen LogP contribution in [0.3, 0.4) is 0 Å². The summed E-state index contributed by atoms with van der Waals surface area (Å²) in [6.45, 7) is 10.5. The van der Waals surface area contributed by atoms with E-state index in [-0.39, 0.29) is 5.41 Å². The van der Waals surface area contributed by atoms with Crippen molar-refractivity contribution in [3.63, 3.8) is 0 Å². The monoisotopic (exact) mass is 305 g/mol. The molecular formula is C17H24ClN3. The standard InChI is InChI=1S/C17H24ClN3/c1-6-19-10-12-7-8-13(18)9-14(12)15-11-21(5)20-16(15)17(2,3)4/h7-9,11,19H,6,10H2,1-5H3. The van der Waals surface area contributed by atoms with Gasteiger partial charge < -0.3 is 5.32 Å². The Labute approximate surface area is 132 Å². The van der Waals surface area contributed by atoms with E-state index in [0.717, 1.165) is 23.8 Å². The Morgan fingerprint density at radius 1 is 1.24 bits per heavy atom. The second-order valence-corrected chi connectivity index (χ2v) is 6.83. The first-order valence-electron chi connectivity index (χ1n) is 7.36. The van der Waals surface area contributed by atoms with Crippen LogP contribution in [0.2, 0.25) is 5.02 Å². The molecule has 1 N–H and O–H groups in total. The number of benzene rings is 1. The Morgan fingerprint density at radius 2 is 1.95 bits per heavy atom. The van der Waals surface area contributed by atoms with Crippen LogP contribution in [0, 0.1) is 0 Å². The maximum atomic E-state index is 6.23. The second-order valence-electron chi connectivity index (χ2n) is 6.40. The number of nitrogens with zero attached hydrogens (tertiary/aromatic N) is 2. The molecule has 0 saturated heterocycles. The van der Waals surface area contributed by atoms with Gasteiger partial charge in [-0.05, 0) is 29.8 Å². The lowest BCUT2D eigenvalue weighted by Crippen LogP contribution is -2.15. The molecule has 0 fully saturated rings. The van der Waals surface area contributed by atoms with Crippen LogP contribution in [0.1, 0.15) is 39.0 Å². The summed E-state index contributed by atoms with van der Waals surface area (Å²) in [5.74, 6) is 0. The van der Waals surface area contributed by atoms with E-state index in [9.17, 15) is 0 Å². The smallest absolute Gasteiger partial charge is 0.0756 e. The van der Waals surface area contributed by atoms with Crippen LogP contribution in [-0.2, 0) is 19.0 Å². The predicted octanol–water partition coefficient (Wildman–Crippen LogP) is 4.15. The van der Waals surface area contributed by atoms with Gasteiger partial charge in [0.25, 0.3) is 0 Å². The molecule has 0 unspecified atom stereocenters. The molecule has 2 aromatic rings. The van der Waals surface area contributed by atoms with Crippen molar-refractivity contribution in [2.24, 2.45) is 7.05 Å². The second kappa shape index (κ2) is 6.20. The lowest BCUT2D eigenvalue weighted by atomic mass is 9.86. The third kappa shape index (κ3) is 3.66. The van der Waals surface area contributed by atoms with Crippen LogP contribution in [0.25, 0.3) is 11.1 Å². The summed E-state index contributed by atoms with van der Waals surface area (Å²) >= 11 is 6.23. The summed E-state index contributed by atoms with van der Waals surface area (Å²) in [6, 6.07) is 6.09. The molecule has 0 aliphatic heterocycles. The van der Waals surface area contributed by atoms with Crippen LogP contribution >= 0.6 is 11.6 Å². The molecule has 3 nitrogen and oxygen atoms in total. The van der Waals surface area contributed by atoms with Gasteiger partial charge in [0.15, 0.2) is 0 Å². The molecular weight excluding hydrogens is 282 g/mol. The average Bonchev–Trinajstić information content (AvgIpc) is 2.79. The van der Waals surface area contributed by atoms with Gasteiger partial charge in [-0.15, -0.1) is 0 Å². The van der Waals surface area contributed by atoms with E-state index in [1.54, 1.807) is 0 Å². The van der Waals surface area contributed by atoms with Crippen LogP contribution in [0.5, 0.6) is 0 Å². The zero-order valence-electron chi connectivity index (χ0n) is 13.5. The van der Waals surface area contributed by atoms with Crippen LogP contribution < -0.4 is 5.32 Å². The highest BCUT2D eigenvalue weighted by molar-refractivity contribution is 6.30. The number of hydrogen-bond acceptors (Lipinski definition) is 2. The van der Waals surface area contributed by atoms with Gasteiger partial charge in [0.1, 0.15) is 0 Å². The van der Waals surface area contributed by atoms with E-state index >= 15 is 0 Å². The topological polar surface area (TPSA) is 29.9 Å². The third-order valence-corrected chi connectivity index (χ3v) is 3.70. The highest BCUT2D eigenvalue weighted by Gasteiger charge is 2.24. The van der Waals surface area contributed by atoms with Gasteiger partial charge in [-0.25, -0.2) is 0 Å². The van der Waals surface area contributed by atoms with Gasteiger partial charge in [0.05, 0.1) is 5.69 Å². The molecule has 0 radical (unpaired) electrons. The first-order valence-corrected chi connectivity index (χ1v) is 7.74. The van der Waals surface area contributed by atoms with Crippen molar-refractivity contribution in [3.8, 4) is 11.1 Å². The zero-order valence-corrected chi connectivity index (χ0v) is 14.3.